The summed E-state index contributed by atoms with van der Waals surface area (Å²) >= 11 is 0. The Labute approximate surface area is 171 Å². The lowest BCUT2D eigenvalue weighted by Gasteiger charge is -2.11. The van der Waals surface area contributed by atoms with Gasteiger partial charge >= 0.3 is 0 Å². The van der Waals surface area contributed by atoms with Gasteiger partial charge in [0.2, 0.25) is 12.2 Å². The predicted molar refractivity (Wildman–Crippen MR) is 110 cm³/mol. The second-order valence-corrected chi connectivity index (χ2v) is 6.95. The van der Waals surface area contributed by atoms with Gasteiger partial charge in [0.15, 0.2) is 0 Å². The summed E-state index contributed by atoms with van der Waals surface area (Å²) < 4.78 is 15.9. The van der Waals surface area contributed by atoms with E-state index in [1.807, 2.05) is 19.1 Å². The molecule has 1 fully saturated rings. The summed E-state index contributed by atoms with van der Waals surface area (Å²) in [5, 5.41) is 17.2. The first-order valence-corrected chi connectivity index (χ1v) is 9.42. The maximum absolute atomic E-state index is 12.8. The molecule has 1 aliphatic carbocycles. The summed E-state index contributed by atoms with van der Waals surface area (Å²) in [4.78, 5) is 21.0. The molecule has 152 valence electrons. The molecule has 0 atom stereocenters. The van der Waals surface area contributed by atoms with Crippen molar-refractivity contribution in [3.05, 3.63) is 66.2 Å². The average Bonchev–Trinajstić information content (AvgIpc) is 3.33. The second kappa shape index (κ2) is 8.28. The Morgan fingerprint density at radius 3 is 2.70 bits per heavy atom. The number of aryl methyl sites for hydroxylation is 1. The number of amides is 1. The van der Waals surface area contributed by atoms with E-state index in [4.69, 9.17) is 4.52 Å². The average molecular weight is 406 g/mol. The van der Waals surface area contributed by atoms with Crippen LogP contribution in [0.4, 0.5) is 10.1 Å². The van der Waals surface area contributed by atoms with E-state index in [9.17, 15) is 14.3 Å². The lowest BCUT2D eigenvalue weighted by molar-refractivity contribution is 0.102. The minimum atomic E-state index is -0.417. The molecule has 8 heteroatoms. The highest BCUT2D eigenvalue weighted by Crippen LogP contribution is 2.27. The van der Waals surface area contributed by atoms with Crippen molar-refractivity contribution in [2.75, 3.05) is 5.32 Å². The van der Waals surface area contributed by atoms with Gasteiger partial charge in [-0.05, 0) is 43.5 Å². The molecule has 30 heavy (non-hydrogen) atoms. The Morgan fingerprint density at radius 2 is 2.00 bits per heavy atom. The number of carbonyl (C=O) groups excluding carboxylic acids is 1. The number of carbonyl (C=O) groups is 1. The summed E-state index contributed by atoms with van der Waals surface area (Å²) in [5.74, 6) is 0.184. The third-order valence-corrected chi connectivity index (χ3v) is 4.61. The predicted octanol–water partition coefficient (Wildman–Crippen LogP) is 4.67. The van der Waals surface area contributed by atoms with Crippen LogP contribution in [0.2, 0.25) is 0 Å². The van der Waals surface area contributed by atoms with Gasteiger partial charge in [-0.2, -0.15) is 4.98 Å². The van der Waals surface area contributed by atoms with Crippen LogP contribution in [0.1, 0.15) is 28.8 Å². The largest absolute Gasteiger partial charge is 0.506 e. The van der Waals surface area contributed by atoms with Crippen molar-refractivity contribution in [1.82, 2.24) is 15.1 Å². The fourth-order valence-electron chi connectivity index (χ4n) is 2.80. The van der Waals surface area contributed by atoms with Crippen molar-refractivity contribution in [2.24, 2.45) is 0 Å². The molecule has 4 aromatic rings. The van der Waals surface area contributed by atoms with E-state index in [0.29, 0.717) is 28.0 Å². The van der Waals surface area contributed by atoms with Gasteiger partial charge in [-0.1, -0.05) is 29.4 Å². The van der Waals surface area contributed by atoms with Gasteiger partial charge in [0, 0.05) is 22.8 Å². The fraction of sp³-hybridized carbons (Fsp3) is 0.182. The third kappa shape index (κ3) is 4.27. The summed E-state index contributed by atoms with van der Waals surface area (Å²) in [7, 11) is 0. The maximum Gasteiger partial charge on any atom is 0.256 e. The van der Waals surface area contributed by atoms with Gasteiger partial charge in [-0.3, -0.25) is 9.78 Å². The number of nitrogens with one attached hydrogen (secondary N) is 1. The van der Waals surface area contributed by atoms with Crippen LogP contribution >= 0.6 is 0 Å². The van der Waals surface area contributed by atoms with Crippen LogP contribution in [-0.4, -0.2) is 32.3 Å². The zero-order chi connectivity index (χ0) is 21.1. The first-order valence-electron chi connectivity index (χ1n) is 9.42. The summed E-state index contributed by atoms with van der Waals surface area (Å²) in [5.41, 5.74) is 3.08. The van der Waals surface area contributed by atoms with Crippen LogP contribution in [0.3, 0.4) is 0 Å². The number of phenols is 1. The zero-order valence-electron chi connectivity index (χ0n) is 16.2. The number of phenolic OH excluding ortho intramolecular Hbond substituents is 1. The van der Waals surface area contributed by atoms with Crippen molar-refractivity contribution in [3.8, 4) is 17.1 Å². The molecule has 0 radical (unpaired) electrons. The fourth-order valence-corrected chi connectivity index (χ4v) is 2.80. The highest BCUT2D eigenvalue weighted by atomic mass is 19.1. The van der Waals surface area contributed by atoms with Gasteiger partial charge in [-0.25, -0.2) is 4.39 Å². The van der Waals surface area contributed by atoms with Crippen LogP contribution < -0.4 is 5.32 Å². The number of halogens is 1. The number of aromatic hydroxyl groups is 1. The van der Waals surface area contributed by atoms with Gasteiger partial charge in [0.25, 0.3) is 5.91 Å². The van der Waals surface area contributed by atoms with E-state index < -0.39 is 6.17 Å². The molecule has 2 N–H and O–H groups in total. The van der Waals surface area contributed by atoms with Crippen molar-refractivity contribution in [3.63, 3.8) is 0 Å². The summed E-state index contributed by atoms with van der Waals surface area (Å²) in [6, 6.07) is 12.1. The first-order chi connectivity index (χ1) is 14.5. The number of pyridine rings is 1. The number of anilines is 1. The SMILES string of the molecule is Cc1ccc(-c2ncon2)cc1NC(=O)c1ccnc2c(O)cccc12.FC1CC1. The number of hydrogen-bond acceptors (Lipinski definition) is 6. The summed E-state index contributed by atoms with van der Waals surface area (Å²) in [6.07, 6.45) is 3.97. The number of hydrogen-bond donors (Lipinski definition) is 2. The number of fused-ring (bicyclic) bond motifs is 1. The minimum Gasteiger partial charge on any atom is -0.506 e. The van der Waals surface area contributed by atoms with Crippen molar-refractivity contribution in [1.29, 1.82) is 0 Å². The van der Waals surface area contributed by atoms with Crippen LogP contribution in [0, 0.1) is 6.92 Å². The van der Waals surface area contributed by atoms with Gasteiger partial charge in [0.1, 0.15) is 17.4 Å². The highest BCUT2D eigenvalue weighted by Gasteiger charge is 2.18. The molecule has 5 rings (SSSR count). The number of rotatable bonds is 3. The van der Waals surface area contributed by atoms with E-state index in [2.05, 4.69) is 20.4 Å². The highest BCUT2D eigenvalue weighted by molar-refractivity contribution is 6.13. The number of alkyl halides is 1. The lowest BCUT2D eigenvalue weighted by atomic mass is 10.1. The van der Waals surface area contributed by atoms with Crippen molar-refractivity contribution < 1.29 is 18.8 Å². The van der Waals surface area contributed by atoms with Crippen molar-refractivity contribution in [2.45, 2.75) is 25.9 Å². The quantitative estimate of drug-likeness (QED) is 0.513. The molecule has 7 nitrogen and oxygen atoms in total. The first kappa shape index (κ1) is 19.5. The molecule has 2 aromatic heterocycles. The minimum absolute atomic E-state index is 0.0347. The Kier molecular flexibility index (Phi) is 5.38. The Morgan fingerprint density at radius 1 is 1.20 bits per heavy atom. The van der Waals surface area contributed by atoms with E-state index in [0.717, 1.165) is 24.0 Å². The summed E-state index contributed by atoms with van der Waals surface area (Å²) in [6.45, 7) is 1.89. The van der Waals surface area contributed by atoms with Crippen molar-refractivity contribution >= 4 is 22.5 Å². The van der Waals surface area contributed by atoms with E-state index in [-0.39, 0.29) is 11.7 Å². The van der Waals surface area contributed by atoms with Crippen LogP contribution in [0.5, 0.6) is 5.75 Å². The van der Waals surface area contributed by atoms with E-state index in [1.54, 1.807) is 24.3 Å². The van der Waals surface area contributed by atoms with Crippen LogP contribution in [0.25, 0.3) is 22.3 Å². The van der Waals surface area contributed by atoms with Gasteiger partial charge in [0.05, 0.1) is 5.56 Å². The smallest absolute Gasteiger partial charge is 0.256 e. The molecule has 1 saturated carbocycles. The molecular weight excluding hydrogens is 387 g/mol. The van der Waals surface area contributed by atoms with E-state index in [1.165, 1.54) is 18.7 Å². The third-order valence-electron chi connectivity index (χ3n) is 4.61. The second-order valence-electron chi connectivity index (χ2n) is 6.95. The molecule has 0 aliphatic heterocycles. The molecule has 1 aliphatic rings. The van der Waals surface area contributed by atoms with Gasteiger partial charge < -0.3 is 14.9 Å². The van der Waals surface area contributed by atoms with Crippen LogP contribution in [-0.2, 0) is 0 Å². The molecule has 0 saturated heterocycles. The number of aromatic nitrogens is 3. The van der Waals surface area contributed by atoms with Gasteiger partial charge in [-0.15, -0.1) is 0 Å². The normalized spacial score (nSPS) is 12.9. The number of benzene rings is 2. The molecule has 2 aromatic carbocycles. The maximum atomic E-state index is 12.8. The zero-order valence-corrected chi connectivity index (χ0v) is 16.2. The molecule has 1 amide bonds. The molecule has 2 heterocycles. The molecule has 0 spiro atoms. The number of para-hydroxylation sites is 1. The standard InChI is InChI=1S/C19H14N4O3.C3H5F/c1-11-5-6-12(18-21-10-26-23-18)9-15(11)22-19(25)14-7-8-20-17-13(14)3-2-4-16(17)24;4-3-1-2-3/h2-10,24H,1H3,(H,22,25);3H,1-2H2. The Bertz CT molecular complexity index is 1190. The Hall–Kier alpha value is -3.81. The Balaban J connectivity index is 0.000000489. The monoisotopic (exact) mass is 406 g/mol. The topological polar surface area (TPSA) is 101 Å². The van der Waals surface area contributed by atoms with E-state index >= 15 is 0 Å². The molecular formula is C22H19FN4O3. The molecule has 0 bridgehead atoms. The number of nitrogens with zero attached hydrogens (tertiary/aromatic N) is 3. The molecule has 0 unspecified atom stereocenters. The lowest BCUT2D eigenvalue weighted by Crippen LogP contribution is -2.13. The van der Waals surface area contributed by atoms with Crippen LogP contribution in [0.15, 0.2) is 59.6 Å².